The molecule has 18 heavy (non-hydrogen) atoms. The van der Waals surface area contributed by atoms with E-state index in [-0.39, 0.29) is 5.38 Å². The Labute approximate surface area is 112 Å². The summed E-state index contributed by atoms with van der Waals surface area (Å²) in [6.07, 6.45) is 1.76. The first-order valence-electron chi connectivity index (χ1n) is 5.77. The first-order valence-corrected chi connectivity index (χ1v) is 6.20. The average molecular weight is 266 g/mol. The van der Waals surface area contributed by atoms with Gasteiger partial charge in [-0.3, -0.25) is 0 Å². The lowest BCUT2D eigenvalue weighted by molar-refractivity contribution is 0.199. The summed E-state index contributed by atoms with van der Waals surface area (Å²) in [5, 5.41) is 10.3. The van der Waals surface area contributed by atoms with Gasteiger partial charge in [0.25, 0.3) is 0 Å². The molecule has 0 N–H and O–H groups in total. The molecule has 0 aliphatic carbocycles. The van der Waals surface area contributed by atoms with Crippen molar-refractivity contribution in [2.45, 2.75) is 5.38 Å². The molecular formula is C13H16ClN3O. The zero-order valence-electron chi connectivity index (χ0n) is 10.5. The summed E-state index contributed by atoms with van der Waals surface area (Å²) in [5.41, 5.74) is 0. The van der Waals surface area contributed by atoms with Crippen molar-refractivity contribution in [1.29, 1.82) is 0 Å². The van der Waals surface area contributed by atoms with E-state index in [9.17, 15) is 0 Å². The molecule has 4 nitrogen and oxygen atoms in total. The third kappa shape index (κ3) is 2.89. The molecule has 0 aliphatic heterocycles. The van der Waals surface area contributed by atoms with Crippen LogP contribution in [-0.2, 0) is 4.74 Å². The zero-order valence-corrected chi connectivity index (χ0v) is 11.3. The second kappa shape index (κ2) is 5.98. The Kier molecular flexibility index (Phi) is 4.33. The van der Waals surface area contributed by atoms with Crippen molar-refractivity contribution in [1.82, 2.24) is 10.2 Å². The molecule has 5 heteroatoms. The number of aromatic nitrogens is 2. The van der Waals surface area contributed by atoms with Gasteiger partial charge in [0.1, 0.15) is 0 Å². The van der Waals surface area contributed by atoms with E-state index < -0.39 is 0 Å². The molecule has 1 unspecified atom stereocenters. The van der Waals surface area contributed by atoms with Crippen molar-refractivity contribution in [2.24, 2.45) is 0 Å². The predicted molar refractivity (Wildman–Crippen MR) is 74.3 cm³/mol. The minimum atomic E-state index is -0.0687. The topological polar surface area (TPSA) is 38.2 Å². The Morgan fingerprint density at radius 3 is 2.94 bits per heavy atom. The summed E-state index contributed by atoms with van der Waals surface area (Å²) >= 11 is 6.16. The van der Waals surface area contributed by atoms with Gasteiger partial charge in [-0.15, -0.1) is 16.7 Å². The molecule has 0 saturated heterocycles. The standard InChI is InChI=1S/C13H16ClN3O/c1-17(8-11(14)9-18-2)13-12-6-4-3-5-10(12)7-15-16-13/h3-7,11H,8-9H2,1-2H3. The van der Waals surface area contributed by atoms with E-state index in [4.69, 9.17) is 16.3 Å². The Morgan fingerprint density at radius 2 is 2.17 bits per heavy atom. The SMILES string of the molecule is COCC(Cl)CN(C)c1nncc2ccccc12. The maximum absolute atomic E-state index is 6.16. The molecule has 2 rings (SSSR count). The fourth-order valence-corrected chi connectivity index (χ4v) is 2.24. The maximum Gasteiger partial charge on any atom is 0.158 e. The lowest BCUT2D eigenvalue weighted by atomic mass is 10.2. The smallest absolute Gasteiger partial charge is 0.158 e. The van der Waals surface area contributed by atoms with Crippen LogP contribution in [0.4, 0.5) is 5.82 Å². The minimum Gasteiger partial charge on any atom is -0.383 e. The van der Waals surface area contributed by atoms with Crippen LogP contribution in [0, 0.1) is 0 Å². The molecule has 0 spiro atoms. The molecule has 0 saturated carbocycles. The number of halogens is 1. The number of anilines is 1. The highest BCUT2D eigenvalue weighted by Crippen LogP contribution is 2.22. The van der Waals surface area contributed by atoms with Crippen LogP contribution in [0.2, 0.25) is 0 Å². The molecular weight excluding hydrogens is 250 g/mol. The molecule has 1 aromatic carbocycles. The van der Waals surface area contributed by atoms with Gasteiger partial charge in [-0.2, -0.15) is 5.10 Å². The third-order valence-corrected chi connectivity index (χ3v) is 3.00. The Hall–Kier alpha value is -1.39. The van der Waals surface area contributed by atoms with Gasteiger partial charge in [-0.25, -0.2) is 0 Å². The van der Waals surface area contributed by atoms with E-state index >= 15 is 0 Å². The molecule has 2 aromatic rings. The molecule has 0 aliphatic rings. The summed E-state index contributed by atoms with van der Waals surface area (Å²) < 4.78 is 5.03. The van der Waals surface area contributed by atoms with Crippen LogP contribution in [0.1, 0.15) is 0 Å². The second-order valence-electron chi connectivity index (χ2n) is 4.19. The van der Waals surface area contributed by atoms with Gasteiger partial charge in [0.2, 0.25) is 0 Å². The van der Waals surface area contributed by atoms with E-state index in [0.717, 1.165) is 16.6 Å². The Balaban J connectivity index is 2.24. The number of hydrogen-bond donors (Lipinski definition) is 0. The van der Waals surface area contributed by atoms with Gasteiger partial charge in [0.05, 0.1) is 18.2 Å². The van der Waals surface area contributed by atoms with Gasteiger partial charge in [0.15, 0.2) is 5.82 Å². The number of rotatable bonds is 5. The number of ether oxygens (including phenoxy) is 1. The average Bonchev–Trinajstić information content (AvgIpc) is 2.38. The molecule has 96 valence electrons. The molecule has 1 aromatic heterocycles. The van der Waals surface area contributed by atoms with Crippen LogP contribution < -0.4 is 4.90 Å². The largest absolute Gasteiger partial charge is 0.383 e. The van der Waals surface area contributed by atoms with Crippen LogP contribution in [0.15, 0.2) is 30.5 Å². The molecule has 0 radical (unpaired) electrons. The number of fused-ring (bicyclic) bond motifs is 1. The molecule has 0 fully saturated rings. The highest BCUT2D eigenvalue weighted by Gasteiger charge is 2.12. The van der Waals surface area contributed by atoms with Crippen LogP contribution in [0.3, 0.4) is 0 Å². The number of nitrogens with zero attached hydrogens (tertiary/aromatic N) is 3. The normalized spacial score (nSPS) is 12.6. The number of alkyl halides is 1. The Bertz CT molecular complexity index is 515. The minimum absolute atomic E-state index is 0.0687. The van der Waals surface area contributed by atoms with Crippen molar-refractivity contribution >= 4 is 28.2 Å². The van der Waals surface area contributed by atoms with Crippen molar-refractivity contribution in [3.05, 3.63) is 30.5 Å². The maximum atomic E-state index is 6.16. The molecule has 1 heterocycles. The lowest BCUT2D eigenvalue weighted by Crippen LogP contribution is -2.29. The monoisotopic (exact) mass is 265 g/mol. The van der Waals surface area contributed by atoms with Crippen LogP contribution in [0.5, 0.6) is 0 Å². The van der Waals surface area contributed by atoms with E-state index in [0.29, 0.717) is 13.2 Å². The van der Waals surface area contributed by atoms with Gasteiger partial charge in [-0.05, 0) is 0 Å². The van der Waals surface area contributed by atoms with Crippen LogP contribution >= 0.6 is 11.6 Å². The van der Waals surface area contributed by atoms with E-state index in [1.54, 1.807) is 13.3 Å². The molecule has 0 amide bonds. The first-order chi connectivity index (χ1) is 8.72. The van der Waals surface area contributed by atoms with Gasteiger partial charge >= 0.3 is 0 Å². The van der Waals surface area contributed by atoms with Gasteiger partial charge in [0, 0.05) is 31.5 Å². The predicted octanol–water partition coefficient (Wildman–Crippen LogP) is 2.32. The molecule has 1 atom stereocenters. The van der Waals surface area contributed by atoms with Crippen molar-refractivity contribution < 1.29 is 4.74 Å². The van der Waals surface area contributed by atoms with Gasteiger partial charge < -0.3 is 9.64 Å². The lowest BCUT2D eigenvalue weighted by Gasteiger charge is -2.21. The van der Waals surface area contributed by atoms with Crippen molar-refractivity contribution in [2.75, 3.05) is 32.2 Å². The van der Waals surface area contributed by atoms with E-state index in [1.807, 2.05) is 36.2 Å². The quantitative estimate of drug-likeness (QED) is 0.778. The van der Waals surface area contributed by atoms with Crippen LogP contribution in [0.25, 0.3) is 10.8 Å². The summed E-state index contributed by atoms with van der Waals surface area (Å²) in [5.74, 6) is 0.842. The fraction of sp³-hybridized carbons (Fsp3) is 0.385. The Morgan fingerprint density at radius 1 is 1.39 bits per heavy atom. The first kappa shape index (κ1) is 13.1. The number of methoxy groups -OCH3 is 1. The third-order valence-electron chi connectivity index (χ3n) is 2.73. The highest BCUT2D eigenvalue weighted by molar-refractivity contribution is 6.21. The van der Waals surface area contributed by atoms with Crippen molar-refractivity contribution in [3.8, 4) is 0 Å². The number of benzene rings is 1. The van der Waals surface area contributed by atoms with Gasteiger partial charge in [-0.1, -0.05) is 24.3 Å². The van der Waals surface area contributed by atoms with E-state index in [2.05, 4.69) is 10.2 Å². The van der Waals surface area contributed by atoms with Crippen molar-refractivity contribution in [3.63, 3.8) is 0 Å². The zero-order chi connectivity index (χ0) is 13.0. The molecule has 0 bridgehead atoms. The highest BCUT2D eigenvalue weighted by atomic mass is 35.5. The fourth-order valence-electron chi connectivity index (χ4n) is 1.91. The summed E-state index contributed by atoms with van der Waals surface area (Å²) in [7, 11) is 3.61. The van der Waals surface area contributed by atoms with E-state index in [1.165, 1.54) is 0 Å². The summed E-state index contributed by atoms with van der Waals surface area (Å²) in [6.45, 7) is 1.18. The summed E-state index contributed by atoms with van der Waals surface area (Å²) in [6, 6.07) is 8.04. The number of hydrogen-bond acceptors (Lipinski definition) is 4. The summed E-state index contributed by atoms with van der Waals surface area (Å²) in [4.78, 5) is 2.01. The second-order valence-corrected chi connectivity index (χ2v) is 4.81. The van der Waals surface area contributed by atoms with Crippen LogP contribution in [-0.4, -0.2) is 42.9 Å².